The van der Waals surface area contributed by atoms with Crippen LogP contribution in [0.1, 0.15) is 74.7 Å². The average Bonchev–Trinajstić information content (AvgIpc) is 1.99. The molecule has 0 radical (unpaired) electrons. The molecule has 0 aromatic carbocycles. The fraction of sp³-hybridized carbons (Fsp3) is 1.00. The van der Waals surface area contributed by atoms with Gasteiger partial charge in [-0.15, -0.1) is 0 Å². The molecule has 2 atom stereocenters. The lowest BCUT2D eigenvalue weighted by atomic mass is 9.69. The molecule has 0 rings (SSSR count). The summed E-state index contributed by atoms with van der Waals surface area (Å²) < 4.78 is 0. The fourth-order valence-electron chi connectivity index (χ4n) is 2.03. The molecule has 0 aromatic rings. The minimum absolute atomic E-state index is 0.456. The Labute approximate surface area is 97.8 Å². The van der Waals surface area contributed by atoms with E-state index in [-0.39, 0.29) is 0 Å². The first-order valence-corrected chi connectivity index (χ1v) is 6.59. The third-order valence-electron chi connectivity index (χ3n) is 3.98. The molecule has 0 spiro atoms. The maximum absolute atomic E-state index is 2.41. The van der Waals surface area contributed by atoms with Crippen molar-refractivity contribution in [2.45, 2.75) is 74.7 Å². The first-order chi connectivity index (χ1) is 6.59. The van der Waals surface area contributed by atoms with E-state index in [1.165, 1.54) is 19.3 Å². The van der Waals surface area contributed by atoms with Crippen molar-refractivity contribution in [3.05, 3.63) is 0 Å². The van der Waals surface area contributed by atoms with E-state index in [9.17, 15) is 0 Å². The standard InChI is InChI=1S/C15H32/c1-9-10-13(15(6,7)8)11-12(2)14(3,4)5/h12-13H,9-11H2,1-8H3/t12-,13?/m1/s1. The van der Waals surface area contributed by atoms with E-state index < -0.39 is 0 Å². The lowest BCUT2D eigenvalue weighted by molar-refractivity contribution is 0.136. The topological polar surface area (TPSA) is 0 Å². The van der Waals surface area contributed by atoms with Gasteiger partial charge in [-0.25, -0.2) is 0 Å². The minimum Gasteiger partial charge on any atom is -0.0654 e. The van der Waals surface area contributed by atoms with Crippen LogP contribution in [0.15, 0.2) is 0 Å². The lowest BCUT2D eigenvalue weighted by Crippen LogP contribution is -2.27. The molecule has 0 saturated heterocycles. The Balaban J connectivity index is 4.43. The monoisotopic (exact) mass is 212 g/mol. The molecule has 0 amide bonds. The summed E-state index contributed by atoms with van der Waals surface area (Å²) in [6.07, 6.45) is 4.07. The molecule has 0 aliphatic rings. The first kappa shape index (κ1) is 15.0. The highest BCUT2D eigenvalue weighted by Crippen LogP contribution is 2.39. The van der Waals surface area contributed by atoms with Crippen molar-refractivity contribution in [3.63, 3.8) is 0 Å². The summed E-state index contributed by atoms with van der Waals surface area (Å²) in [7, 11) is 0. The van der Waals surface area contributed by atoms with Crippen LogP contribution in [0.2, 0.25) is 0 Å². The third-order valence-corrected chi connectivity index (χ3v) is 3.98. The van der Waals surface area contributed by atoms with Gasteiger partial charge in [-0.1, -0.05) is 68.2 Å². The Hall–Kier alpha value is 0. The second-order valence-electron chi connectivity index (χ2n) is 7.35. The second-order valence-corrected chi connectivity index (χ2v) is 7.35. The van der Waals surface area contributed by atoms with Crippen molar-refractivity contribution < 1.29 is 0 Å². The van der Waals surface area contributed by atoms with Crippen molar-refractivity contribution in [1.82, 2.24) is 0 Å². The number of hydrogen-bond donors (Lipinski definition) is 0. The molecule has 0 nitrogen and oxygen atoms in total. The van der Waals surface area contributed by atoms with Gasteiger partial charge in [-0.05, 0) is 29.1 Å². The van der Waals surface area contributed by atoms with Crippen LogP contribution in [0.25, 0.3) is 0 Å². The van der Waals surface area contributed by atoms with Crippen LogP contribution in [0.3, 0.4) is 0 Å². The number of hydrogen-bond acceptors (Lipinski definition) is 0. The van der Waals surface area contributed by atoms with Crippen LogP contribution in [0.5, 0.6) is 0 Å². The van der Waals surface area contributed by atoms with Gasteiger partial charge in [0.2, 0.25) is 0 Å². The zero-order valence-electron chi connectivity index (χ0n) is 12.3. The summed E-state index contributed by atoms with van der Waals surface area (Å²) in [5.74, 6) is 1.69. The van der Waals surface area contributed by atoms with Gasteiger partial charge in [0.05, 0.1) is 0 Å². The molecule has 15 heavy (non-hydrogen) atoms. The van der Waals surface area contributed by atoms with Gasteiger partial charge >= 0.3 is 0 Å². The van der Waals surface area contributed by atoms with E-state index in [4.69, 9.17) is 0 Å². The molecular formula is C15H32. The summed E-state index contributed by atoms with van der Waals surface area (Å²) >= 11 is 0. The molecular weight excluding hydrogens is 180 g/mol. The highest BCUT2D eigenvalue weighted by Gasteiger charge is 2.29. The quantitative estimate of drug-likeness (QED) is 0.575. The summed E-state index contributed by atoms with van der Waals surface area (Å²) in [6, 6.07) is 0. The maximum atomic E-state index is 2.41. The molecule has 0 heteroatoms. The summed E-state index contributed by atoms with van der Waals surface area (Å²) in [5, 5.41) is 0. The highest BCUT2D eigenvalue weighted by molar-refractivity contribution is 4.79. The fourth-order valence-corrected chi connectivity index (χ4v) is 2.03. The Morgan fingerprint density at radius 3 is 1.60 bits per heavy atom. The zero-order chi connectivity index (χ0) is 12.3. The van der Waals surface area contributed by atoms with Gasteiger partial charge in [-0.3, -0.25) is 0 Å². The molecule has 1 unspecified atom stereocenters. The predicted octanol–water partition coefficient (Wildman–Crippen LogP) is 5.52. The van der Waals surface area contributed by atoms with Crippen LogP contribution in [-0.4, -0.2) is 0 Å². The lowest BCUT2D eigenvalue weighted by Gasteiger charge is -2.37. The Morgan fingerprint density at radius 1 is 0.867 bits per heavy atom. The molecule has 0 aliphatic carbocycles. The van der Waals surface area contributed by atoms with Gasteiger partial charge in [0, 0.05) is 0 Å². The summed E-state index contributed by atoms with van der Waals surface area (Å²) in [6.45, 7) is 19.0. The summed E-state index contributed by atoms with van der Waals surface area (Å²) in [5.41, 5.74) is 0.923. The van der Waals surface area contributed by atoms with E-state index in [0.717, 1.165) is 11.8 Å². The first-order valence-electron chi connectivity index (χ1n) is 6.59. The van der Waals surface area contributed by atoms with Crippen molar-refractivity contribution in [2.75, 3.05) is 0 Å². The van der Waals surface area contributed by atoms with Gasteiger partial charge in [0.15, 0.2) is 0 Å². The average molecular weight is 212 g/mol. The smallest absolute Gasteiger partial charge is 0.0354 e. The Morgan fingerprint density at radius 2 is 1.33 bits per heavy atom. The molecule has 0 fully saturated rings. The van der Waals surface area contributed by atoms with Crippen LogP contribution in [0, 0.1) is 22.7 Å². The normalized spacial score (nSPS) is 17.6. The van der Waals surface area contributed by atoms with Crippen LogP contribution >= 0.6 is 0 Å². The molecule has 0 aliphatic heterocycles. The van der Waals surface area contributed by atoms with E-state index in [2.05, 4.69) is 55.4 Å². The van der Waals surface area contributed by atoms with Crippen molar-refractivity contribution in [3.8, 4) is 0 Å². The molecule has 0 N–H and O–H groups in total. The largest absolute Gasteiger partial charge is 0.0654 e. The minimum atomic E-state index is 0.456. The SMILES string of the molecule is CCCC(C[C@@H](C)C(C)(C)C)C(C)(C)C. The Kier molecular flexibility index (Phi) is 5.37. The van der Waals surface area contributed by atoms with E-state index in [1.807, 2.05) is 0 Å². The third kappa shape index (κ3) is 5.58. The van der Waals surface area contributed by atoms with Crippen molar-refractivity contribution >= 4 is 0 Å². The molecule has 0 heterocycles. The zero-order valence-corrected chi connectivity index (χ0v) is 12.3. The van der Waals surface area contributed by atoms with Crippen molar-refractivity contribution in [2.24, 2.45) is 22.7 Å². The van der Waals surface area contributed by atoms with Crippen molar-refractivity contribution in [1.29, 1.82) is 0 Å². The van der Waals surface area contributed by atoms with Crippen LogP contribution in [-0.2, 0) is 0 Å². The number of rotatable bonds is 4. The molecule has 92 valence electrons. The maximum Gasteiger partial charge on any atom is -0.0354 e. The Bertz CT molecular complexity index is 165. The predicted molar refractivity (Wildman–Crippen MR) is 71.1 cm³/mol. The molecule has 0 bridgehead atoms. The van der Waals surface area contributed by atoms with Gasteiger partial charge < -0.3 is 0 Å². The van der Waals surface area contributed by atoms with Gasteiger partial charge in [-0.2, -0.15) is 0 Å². The second kappa shape index (κ2) is 5.37. The molecule has 0 aromatic heterocycles. The summed E-state index contributed by atoms with van der Waals surface area (Å²) in [4.78, 5) is 0. The van der Waals surface area contributed by atoms with E-state index in [0.29, 0.717) is 10.8 Å². The van der Waals surface area contributed by atoms with Gasteiger partial charge in [0.1, 0.15) is 0 Å². The highest BCUT2D eigenvalue weighted by atomic mass is 14.3. The molecule has 0 saturated carbocycles. The van der Waals surface area contributed by atoms with Gasteiger partial charge in [0.25, 0.3) is 0 Å². The van der Waals surface area contributed by atoms with E-state index in [1.54, 1.807) is 0 Å². The van der Waals surface area contributed by atoms with Crippen LogP contribution in [0.4, 0.5) is 0 Å². The van der Waals surface area contributed by atoms with E-state index >= 15 is 0 Å². The van der Waals surface area contributed by atoms with Crippen LogP contribution < -0.4 is 0 Å².